The Labute approximate surface area is 152 Å². The van der Waals surface area contributed by atoms with Gasteiger partial charge in [-0.3, -0.25) is 9.48 Å². The van der Waals surface area contributed by atoms with E-state index < -0.39 is 0 Å². The number of aryl methyl sites for hydroxylation is 1. The molecule has 1 aliphatic rings. The third-order valence-corrected chi connectivity index (χ3v) is 4.78. The third kappa shape index (κ3) is 3.20. The Morgan fingerprint density at radius 1 is 1.12 bits per heavy atom. The Morgan fingerprint density at radius 2 is 1.88 bits per heavy atom. The molecule has 26 heavy (non-hydrogen) atoms. The van der Waals surface area contributed by atoms with Gasteiger partial charge in [-0.2, -0.15) is 5.10 Å². The van der Waals surface area contributed by atoms with Gasteiger partial charge in [0, 0.05) is 36.9 Å². The maximum Gasteiger partial charge on any atom is 0.226 e. The first kappa shape index (κ1) is 16.4. The summed E-state index contributed by atoms with van der Waals surface area (Å²) in [5.74, 6) is 1.56. The predicted octanol–water partition coefficient (Wildman–Crippen LogP) is 3.52. The van der Waals surface area contributed by atoms with E-state index in [-0.39, 0.29) is 11.8 Å². The van der Waals surface area contributed by atoms with E-state index in [2.05, 4.69) is 22.5 Å². The smallest absolute Gasteiger partial charge is 0.226 e. The van der Waals surface area contributed by atoms with E-state index in [0.717, 1.165) is 29.1 Å². The van der Waals surface area contributed by atoms with Crippen LogP contribution in [0.2, 0.25) is 0 Å². The van der Waals surface area contributed by atoms with Gasteiger partial charge in [0.25, 0.3) is 0 Å². The van der Waals surface area contributed by atoms with Crippen LogP contribution in [0.1, 0.15) is 29.0 Å². The summed E-state index contributed by atoms with van der Waals surface area (Å²) in [5, 5.41) is 7.21. The number of carbonyl (C=O) groups excluding carboxylic acids is 1. The molecule has 5 heteroatoms. The second-order valence-corrected chi connectivity index (χ2v) is 6.50. The Balaban J connectivity index is 1.57. The molecule has 0 saturated carbocycles. The van der Waals surface area contributed by atoms with E-state index in [4.69, 9.17) is 4.74 Å². The lowest BCUT2D eigenvalue weighted by Crippen LogP contribution is -2.24. The van der Waals surface area contributed by atoms with Crippen LogP contribution in [-0.4, -0.2) is 22.3 Å². The van der Waals surface area contributed by atoms with Crippen molar-refractivity contribution in [1.29, 1.82) is 0 Å². The van der Waals surface area contributed by atoms with E-state index in [1.54, 1.807) is 4.68 Å². The molecule has 3 aromatic rings. The molecule has 132 valence electrons. The molecule has 2 aromatic carbocycles. The van der Waals surface area contributed by atoms with Crippen molar-refractivity contribution in [3.8, 4) is 5.75 Å². The highest BCUT2D eigenvalue weighted by Gasteiger charge is 2.31. The average molecular weight is 347 g/mol. The van der Waals surface area contributed by atoms with Crippen LogP contribution in [0.25, 0.3) is 0 Å². The quantitative estimate of drug-likeness (QED) is 0.768. The summed E-state index contributed by atoms with van der Waals surface area (Å²) in [6.45, 7) is 0.597. The lowest BCUT2D eigenvalue weighted by Gasteiger charge is -2.25. The maximum atomic E-state index is 12.2. The molecule has 1 N–H and O–H groups in total. The van der Waals surface area contributed by atoms with Crippen LogP contribution >= 0.6 is 0 Å². The first-order valence-corrected chi connectivity index (χ1v) is 8.80. The predicted molar refractivity (Wildman–Crippen MR) is 100 cm³/mol. The minimum absolute atomic E-state index is 0.00480. The molecular weight excluding hydrogens is 326 g/mol. The lowest BCUT2D eigenvalue weighted by molar-refractivity contribution is -0.116. The van der Waals surface area contributed by atoms with Crippen LogP contribution in [-0.2, 0) is 18.3 Å². The first-order valence-electron chi connectivity index (χ1n) is 8.80. The summed E-state index contributed by atoms with van der Waals surface area (Å²) in [5.41, 5.74) is 3.31. The molecule has 0 radical (unpaired) electrons. The second kappa shape index (κ2) is 7.04. The average Bonchev–Trinajstić information content (AvgIpc) is 3.03. The van der Waals surface area contributed by atoms with Crippen molar-refractivity contribution in [1.82, 2.24) is 9.78 Å². The van der Waals surface area contributed by atoms with E-state index in [1.165, 1.54) is 5.56 Å². The molecule has 1 aromatic heterocycles. The summed E-state index contributed by atoms with van der Waals surface area (Å²) in [6, 6.07) is 18.3. The topological polar surface area (TPSA) is 56.2 Å². The summed E-state index contributed by atoms with van der Waals surface area (Å²) >= 11 is 0. The lowest BCUT2D eigenvalue weighted by atomic mass is 9.87. The van der Waals surface area contributed by atoms with Crippen molar-refractivity contribution in [2.45, 2.75) is 18.8 Å². The number of benzene rings is 2. The SMILES string of the molecule is Cn1ncc2c1NC(=O)C[C@H]2c1ccccc1OCCc1ccccc1. The molecule has 0 bridgehead atoms. The summed E-state index contributed by atoms with van der Waals surface area (Å²) in [6.07, 6.45) is 3.08. The highest BCUT2D eigenvalue weighted by Crippen LogP contribution is 2.40. The number of fused-ring (bicyclic) bond motifs is 1. The fourth-order valence-electron chi connectivity index (χ4n) is 3.44. The number of ether oxygens (including phenoxy) is 1. The number of nitrogens with zero attached hydrogens (tertiary/aromatic N) is 2. The molecule has 1 aliphatic heterocycles. The summed E-state index contributed by atoms with van der Waals surface area (Å²) < 4.78 is 7.80. The van der Waals surface area contributed by atoms with Gasteiger partial charge in [-0.25, -0.2) is 0 Å². The van der Waals surface area contributed by atoms with Gasteiger partial charge in [0.15, 0.2) is 0 Å². The zero-order chi connectivity index (χ0) is 17.9. The molecule has 4 rings (SSSR count). The van der Waals surface area contributed by atoms with E-state index in [0.29, 0.717) is 13.0 Å². The van der Waals surface area contributed by atoms with Gasteiger partial charge < -0.3 is 10.1 Å². The molecular formula is C21H21N3O2. The molecule has 1 amide bonds. The van der Waals surface area contributed by atoms with Crippen molar-refractivity contribution < 1.29 is 9.53 Å². The maximum absolute atomic E-state index is 12.2. The van der Waals surface area contributed by atoms with Gasteiger partial charge in [0.1, 0.15) is 11.6 Å². The Kier molecular flexibility index (Phi) is 4.44. The molecule has 0 spiro atoms. The van der Waals surface area contributed by atoms with Gasteiger partial charge >= 0.3 is 0 Å². The molecule has 0 aliphatic carbocycles. The number of carbonyl (C=O) groups is 1. The van der Waals surface area contributed by atoms with E-state index in [1.807, 2.05) is 55.7 Å². The molecule has 1 atom stereocenters. The minimum atomic E-state index is -0.0413. The van der Waals surface area contributed by atoms with Gasteiger partial charge in [0.05, 0.1) is 12.8 Å². The largest absolute Gasteiger partial charge is 0.493 e. The fourth-order valence-corrected chi connectivity index (χ4v) is 3.44. The minimum Gasteiger partial charge on any atom is -0.493 e. The van der Waals surface area contributed by atoms with Gasteiger partial charge in [-0.05, 0) is 11.6 Å². The van der Waals surface area contributed by atoms with Crippen molar-refractivity contribution in [3.05, 3.63) is 77.5 Å². The van der Waals surface area contributed by atoms with Gasteiger partial charge in [-0.15, -0.1) is 0 Å². The number of anilines is 1. The van der Waals surface area contributed by atoms with Gasteiger partial charge in [-0.1, -0.05) is 48.5 Å². The van der Waals surface area contributed by atoms with Crippen LogP contribution in [0.4, 0.5) is 5.82 Å². The van der Waals surface area contributed by atoms with Crippen LogP contribution in [0.5, 0.6) is 5.75 Å². The Morgan fingerprint density at radius 3 is 2.73 bits per heavy atom. The van der Waals surface area contributed by atoms with E-state index in [9.17, 15) is 4.79 Å². The van der Waals surface area contributed by atoms with Gasteiger partial charge in [0.2, 0.25) is 5.91 Å². The Hall–Kier alpha value is -3.08. The van der Waals surface area contributed by atoms with Crippen LogP contribution in [0.15, 0.2) is 60.8 Å². The number of para-hydroxylation sites is 1. The van der Waals surface area contributed by atoms with Crippen molar-refractivity contribution >= 4 is 11.7 Å². The number of aromatic nitrogens is 2. The summed E-state index contributed by atoms with van der Waals surface area (Å²) in [7, 11) is 1.84. The van der Waals surface area contributed by atoms with E-state index >= 15 is 0 Å². The molecule has 5 nitrogen and oxygen atoms in total. The number of hydrogen-bond donors (Lipinski definition) is 1. The molecule has 0 saturated heterocycles. The zero-order valence-electron chi connectivity index (χ0n) is 14.7. The van der Waals surface area contributed by atoms with Crippen LogP contribution in [0, 0.1) is 0 Å². The summed E-state index contributed by atoms with van der Waals surface area (Å²) in [4.78, 5) is 12.2. The second-order valence-electron chi connectivity index (χ2n) is 6.50. The number of rotatable bonds is 5. The van der Waals surface area contributed by atoms with Crippen molar-refractivity contribution in [3.63, 3.8) is 0 Å². The molecule has 0 fully saturated rings. The van der Waals surface area contributed by atoms with Crippen molar-refractivity contribution in [2.75, 3.05) is 11.9 Å². The normalized spacial score (nSPS) is 16.0. The number of amides is 1. The monoisotopic (exact) mass is 347 g/mol. The van der Waals surface area contributed by atoms with Crippen LogP contribution < -0.4 is 10.1 Å². The fraction of sp³-hybridized carbons (Fsp3) is 0.238. The third-order valence-electron chi connectivity index (χ3n) is 4.78. The Bertz CT molecular complexity index is 918. The number of nitrogens with one attached hydrogen (secondary N) is 1. The first-order chi connectivity index (χ1) is 12.7. The molecule has 0 unspecified atom stereocenters. The number of hydrogen-bond acceptors (Lipinski definition) is 3. The highest BCUT2D eigenvalue weighted by atomic mass is 16.5. The highest BCUT2D eigenvalue weighted by molar-refractivity contribution is 5.94. The van der Waals surface area contributed by atoms with Crippen molar-refractivity contribution in [2.24, 2.45) is 7.05 Å². The molecule has 2 heterocycles. The standard InChI is InChI=1S/C21H21N3O2/c1-24-21-18(14-22-24)17(13-20(25)23-21)16-9-5-6-10-19(16)26-12-11-15-7-3-2-4-8-15/h2-10,14,17H,11-13H2,1H3,(H,23,25)/t17-/m0/s1. The van der Waals surface area contributed by atoms with Crippen LogP contribution in [0.3, 0.4) is 0 Å². The zero-order valence-corrected chi connectivity index (χ0v) is 14.7.